The summed E-state index contributed by atoms with van der Waals surface area (Å²) in [5.41, 5.74) is 0. The van der Waals surface area contributed by atoms with Crippen LogP contribution in [0.1, 0.15) is 1.37 Å². The van der Waals surface area contributed by atoms with Crippen molar-refractivity contribution >= 4 is 33.8 Å². The first kappa shape index (κ1) is 22.8. The first-order valence-electron chi connectivity index (χ1n) is 3.77. The van der Waals surface area contributed by atoms with Gasteiger partial charge in [0.1, 0.15) is 0 Å². The number of hydrogen-bond donors (Lipinski definition) is 2. The molecule has 8 nitrogen and oxygen atoms in total. The molecule has 16 heavy (non-hydrogen) atoms. The molecule has 0 aliphatic heterocycles. The molecule has 0 heterocycles. The fraction of sp³-hybridized carbons (Fsp3) is 0.500. The van der Waals surface area contributed by atoms with Gasteiger partial charge in [-0.3, -0.25) is 8.58 Å². The summed E-state index contributed by atoms with van der Waals surface area (Å²) in [5, 5.41) is 20.1. The summed E-state index contributed by atoms with van der Waals surface area (Å²) in [5.74, 6) is 0. The monoisotopic (exact) mass is 396 g/mol. The van der Waals surface area contributed by atoms with Crippen molar-refractivity contribution in [1.82, 2.24) is 0 Å². The van der Waals surface area contributed by atoms with Gasteiger partial charge in [-0.15, -0.1) is 7.81 Å². The third-order valence-corrected chi connectivity index (χ3v) is 0.781. The summed E-state index contributed by atoms with van der Waals surface area (Å²) < 4.78 is 37.9. The van der Waals surface area contributed by atoms with E-state index in [0.717, 1.165) is 0 Å². The van der Waals surface area contributed by atoms with Gasteiger partial charge in [0.05, 0.1) is 9.35 Å². The first-order valence-corrected chi connectivity index (χ1v) is 5.41. The van der Waals surface area contributed by atoms with Crippen molar-refractivity contribution in [3.05, 3.63) is 6.06 Å². The topological polar surface area (TPSA) is 112 Å². The van der Waals surface area contributed by atoms with Crippen molar-refractivity contribution in [1.29, 1.82) is 1.34 Å². The Labute approximate surface area is 127 Å². The zero-order valence-corrected chi connectivity index (χ0v) is 17.1. The van der Waals surface area contributed by atoms with Crippen LogP contribution in [-0.4, -0.2) is 26.3 Å². The largest absolute Gasteiger partial charge is 0.529 e. The fourth-order valence-corrected chi connectivity index (χ4v) is 0.0913. The standard InChI is InChI=1S/C2H6BP.2HO4P.2Zn/c1-4-2-3;2*1-3-4-5-2;;/h2-4H,1H3;2*5H;;/q-1;;;;/p+2/i1D,3D;;;;. The van der Waals surface area contributed by atoms with Crippen molar-refractivity contribution in [2.24, 2.45) is 0 Å². The zero-order valence-electron chi connectivity index (χ0n) is 10.1. The molecule has 0 bridgehead atoms. The molecule has 0 aromatic rings. The SMILES string of the molecule is O=[PH+]OOO.O=[PH+]OOO.[2H][B][CH-]PC[2H].[Zn].[Zn]. The molecule has 0 aromatic heterocycles. The molecule has 2 N–H and O–H groups in total. The van der Waals surface area contributed by atoms with E-state index in [0.29, 0.717) is 15.2 Å². The van der Waals surface area contributed by atoms with Gasteiger partial charge < -0.3 is 6.06 Å². The fourth-order valence-electron chi connectivity index (χ4n) is 0.0304. The van der Waals surface area contributed by atoms with Crippen LogP contribution in [0.25, 0.3) is 0 Å². The minimum Gasteiger partial charge on any atom is -0.339 e. The van der Waals surface area contributed by atoms with Gasteiger partial charge in [-0.1, -0.05) is 7.98 Å². The minimum absolute atomic E-state index is 0. The molecule has 0 saturated heterocycles. The van der Waals surface area contributed by atoms with Gasteiger partial charge in [0.25, 0.3) is 0 Å². The quantitative estimate of drug-likeness (QED) is 0.170. The van der Waals surface area contributed by atoms with Gasteiger partial charge in [-0.2, -0.15) is 0 Å². The van der Waals surface area contributed by atoms with Gasteiger partial charge in [-0.05, 0) is 19.2 Å². The van der Waals surface area contributed by atoms with Gasteiger partial charge >= 0.3 is 17.4 Å². The predicted molar refractivity (Wildman–Crippen MR) is 53.3 cm³/mol. The van der Waals surface area contributed by atoms with Gasteiger partial charge in [0.2, 0.25) is 0 Å². The van der Waals surface area contributed by atoms with Crippen molar-refractivity contribution in [3.63, 3.8) is 0 Å². The zero-order chi connectivity index (χ0) is 13.1. The summed E-state index contributed by atoms with van der Waals surface area (Å²) in [6.45, 7) is 0.426. The molecule has 0 aliphatic rings. The normalized spacial score (nSPS) is 9.62. The first-order chi connectivity index (χ1) is 7.74. The third kappa shape index (κ3) is 75.6. The Kier molecular flexibility index (Phi) is 62.5. The van der Waals surface area contributed by atoms with E-state index in [1.807, 2.05) is 0 Å². The predicted octanol–water partition coefficient (Wildman–Crippen LogP) is 1.00. The maximum atomic E-state index is 9.05. The molecule has 0 spiro atoms. The smallest absolute Gasteiger partial charge is 0.339 e. The minimum atomic E-state index is -1.06. The molecular weight excluding hydrogens is 387 g/mol. The Morgan fingerprint density at radius 3 is 1.81 bits per heavy atom. The van der Waals surface area contributed by atoms with Gasteiger partial charge in [0.15, 0.2) is 0 Å². The summed E-state index contributed by atoms with van der Waals surface area (Å²) >= 11 is 0. The van der Waals surface area contributed by atoms with Crippen LogP contribution in [-0.2, 0) is 67.5 Å². The van der Waals surface area contributed by atoms with E-state index < -0.39 is 17.4 Å². The van der Waals surface area contributed by atoms with Crippen LogP contribution in [0.3, 0.4) is 0 Å². The molecule has 0 amide bonds. The molecule has 0 aromatic carbocycles. The summed E-state index contributed by atoms with van der Waals surface area (Å²) in [6, 6.07) is 1.69. The van der Waals surface area contributed by atoms with Crippen LogP contribution in [0.5, 0.6) is 0 Å². The van der Waals surface area contributed by atoms with E-state index in [-0.39, 0.29) is 39.0 Å². The Balaban J connectivity index is -0.0000000447. The second-order valence-electron chi connectivity index (χ2n) is 0.853. The molecular formula is C2H10BO8P3Zn2+. The Hall–Kier alpha value is 1.70. The molecule has 0 aliphatic carbocycles. The Morgan fingerprint density at radius 2 is 1.75 bits per heavy atom. The second kappa shape index (κ2) is 43.7. The molecule has 3 atom stereocenters. The molecule has 3 unspecified atom stereocenters. The van der Waals surface area contributed by atoms with Crippen LogP contribution < -0.4 is 0 Å². The van der Waals surface area contributed by atoms with Gasteiger partial charge in [0, 0.05) is 40.3 Å². The molecule has 14 heteroatoms. The van der Waals surface area contributed by atoms with Crippen molar-refractivity contribution in [2.75, 3.05) is 6.64 Å². The molecule has 0 saturated carbocycles. The number of hydrogen-bond acceptors (Lipinski definition) is 8. The van der Waals surface area contributed by atoms with Crippen LogP contribution >= 0.6 is 26.0 Å². The van der Waals surface area contributed by atoms with Crippen LogP contribution in [0.4, 0.5) is 0 Å². The van der Waals surface area contributed by atoms with E-state index in [1.54, 1.807) is 6.06 Å². The molecule has 1 radical (unpaired) electrons. The Morgan fingerprint density at radius 1 is 1.31 bits per heavy atom. The summed E-state index contributed by atoms with van der Waals surface area (Å²) in [7, 11) is -0.386. The van der Waals surface area contributed by atoms with Crippen molar-refractivity contribution < 1.29 is 79.4 Å². The molecule has 0 fully saturated rings. The van der Waals surface area contributed by atoms with Crippen LogP contribution in [0.15, 0.2) is 0 Å². The summed E-state index contributed by atoms with van der Waals surface area (Å²) in [6.07, 6.45) is 0. The van der Waals surface area contributed by atoms with E-state index >= 15 is 0 Å². The average Bonchev–Trinajstić information content (AvgIpc) is 2.30. The van der Waals surface area contributed by atoms with Crippen molar-refractivity contribution in [2.45, 2.75) is 0 Å². The second-order valence-corrected chi connectivity index (χ2v) is 2.26. The average molecular weight is 399 g/mol. The van der Waals surface area contributed by atoms with E-state index in [1.165, 1.54) is 7.81 Å². The van der Waals surface area contributed by atoms with Crippen LogP contribution in [0, 0.1) is 6.06 Å². The maximum absolute atomic E-state index is 9.05. The Bertz CT molecular complexity index is 129. The molecule has 87 valence electrons. The summed E-state index contributed by atoms with van der Waals surface area (Å²) in [4.78, 5) is 0. The van der Waals surface area contributed by atoms with Crippen LogP contribution in [0.2, 0.25) is 0 Å². The number of rotatable bonds is 6. The van der Waals surface area contributed by atoms with Gasteiger partial charge in [-0.25, -0.2) is 10.5 Å². The molecule has 0 rings (SSSR count). The van der Waals surface area contributed by atoms with E-state index in [4.69, 9.17) is 22.4 Å². The maximum Gasteiger partial charge on any atom is 0.529 e. The third-order valence-electron chi connectivity index (χ3n) is 0.260. The van der Waals surface area contributed by atoms with E-state index in [2.05, 4.69) is 19.4 Å². The van der Waals surface area contributed by atoms with Crippen molar-refractivity contribution in [3.8, 4) is 0 Å². The van der Waals surface area contributed by atoms with E-state index in [9.17, 15) is 0 Å².